The first-order valence-corrected chi connectivity index (χ1v) is 25.1. The van der Waals surface area contributed by atoms with E-state index in [-0.39, 0.29) is 0 Å². The lowest BCUT2D eigenvalue weighted by Crippen LogP contribution is -1.93. The van der Waals surface area contributed by atoms with Crippen molar-refractivity contribution in [1.82, 2.24) is 0 Å². The van der Waals surface area contributed by atoms with Gasteiger partial charge in [0.25, 0.3) is 0 Å². The van der Waals surface area contributed by atoms with Crippen molar-refractivity contribution in [1.29, 1.82) is 0 Å². The Morgan fingerprint density at radius 1 is 0.254 bits per heavy atom. The van der Waals surface area contributed by atoms with Gasteiger partial charge in [0, 0.05) is 0 Å². The van der Waals surface area contributed by atoms with E-state index in [4.69, 9.17) is 0 Å². The molecule has 1 heteroatoms. The Bertz CT molecular complexity index is 3490. The van der Waals surface area contributed by atoms with Crippen LogP contribution in [0.4, 0.5) is 0 Å². The number of benzene rings is 11. The lowest BCUT2D eigenvalue weighted by atomic mass is 9.83. The molecule has 0 amide bonds. The molecule has 0 aliphatic rings. The largest absolute Gasteiger partial charge is 0.179 e. The molecule has 0 aliphatic carbocycles. The minimum atomic E-state index is 1.01. The fourth-order valence-electron chi connectivity index (χ4n) is 10.6. The molecule has 0 nitrogen and oxygen atoms in total. The number of fused-ring (bicyclic) bond motifs is 5. The summed E-state index contributed by atoms with van der Waals surface area (Å²) in [6.45, 7) is 0. The molecular weight excluding hydrogens is 825 g/mol. The van der Waals surface area contributed by atoms with E-state index in [0.717, 1.165) is 12.2 Å². The van der Waals surface area contributed by atoms with Crippen molar-refractivity contribution in [3.05, 3.63) is 218 Å². The summed E-state index contributed by atoms with van der Waals surface area (Å²) in [5, 5.41) is 12.6. The second-order valence-electron chi connectivity index (χ2n) is 18.5. The molecule has 0 aromatic heterocycles. The van der Waals surface area contributed by atoms with Gasteiger partial charge in [-0.25, -0.2) is 0 Å². The number of rotatable bonds is 15. The second kappa shape index (κ2) is 19.5. The maximum Gasteiger partial charge on any atom is -0.00259 e. The van der Waals surface area contributed by atoms with Crippen LogP contribution in [0.15, 0.2) is 212 Å². The Morgan fingerprint density at radius 3 is 1.24 bits per heavy atom. The lowest BCUT2D eigenvalue weighted by molar-refractivity contribution is 0.577. The van der Waals surface area contributed by atoms with Crippen molar-refractivity contribution < 1.29 is 0 Å². The zero-order valence-corrected chi connectivity index (χ0v) is 39.1. The maximum atomic E-state index is 4.38. The summed E-state index contributed by atoms with van der Waals surface area (Å²) in [5.74, 6) is 1.01. The van der Waals surface area contributed by atoms with Crippen LogP contribution in [0.3, 0.4) is 0 Å². The monoisotopic (exact) mass is 880 g/mol. The Labute approximate surface area is 401 Å². The van der Waals surface area contributed by atoms with Crippen LogP contribution in [0.2, 0.25) is 0 Å². The Hall–Kier alpha value is -6.93. The van der Waals surface area contributed by atoms with E-state index < -0.39 is 0 Å². The summed E-state index contributed by atoms with van der Waals surface area (Å²) in [7, 11) is 0. The third kappa shape index (κ3) is 8.89. The molecule has 0 N–H and O–H groups in total. The van der Waals surface area contributed by atoms with Crippen LogP contribution in [0, 0.1) is 0 Å². The van der Waals surface area contributed by atoms with Gasteiger partial charge in [0.05, 0.1) is 0 Å². The number of hydrogen-bond acceptors (Lipinski definition) is 1. The highest BCUT2D eigenvalue weighted by Crippen LogP contribution is 2.47. The Morgan fingerprint density at radius 2 is 0.687 bits per heavy atom. The van der Waals surface area contributed by atoms with Crippen LogP contribution in [-0.4, -0.2) is 5.75 Å². The van der Waals surface area contributed by atoms with Crippen LogP contribution in [0.1, 0.15) is 56.9 Å². The number of unbranched alkanes of at least 4 members (excludes halogenated alkanes) is 7. The molecule has 0 radical (unpaired) electrons. The quantitative estimate of drug-likeness (QED) is 0.0592. The van der Waals surface area contributed by atoms with Gasteiger partial charge in [0.2, 0.25) is 0 Å². The zero-order chi connectivity index (χ0) is 44.9. The Kier molecular flexibility index (Phi) is 12.4. The highest BCUT2D eigenvalue weighted by molar-refractivity contribution is 7.80. The third-order valence-corrected chi connectivity index (χ3v) is 14.5. The molecule has 11 rings (SSSR count). The first-order valence-electron chi connectivity index (χ1n) is 24.5. The molecule has 67 heavy (non-hydrogen) atoms. The average Bonchev–Trinajstić information content (AvgIpc) is 3.39. The molecule has 0 saturated heterocycles. The van der Waals surface area contributed by atoms with Crippen LogP contribution in [0.25, 0.3) is 109 Å². The third-order valence-electron chi connectivity index (χ3n) is 14.1. The van der Waals surface area contributed by atoms with E-state index in [1.165, 1.54) is 166 Å². The van der Waals surface area contributed by atoms with Crippen LogP contribution >= 0.6 is 12.6 Å². The molecule has 0 atom stereocenters. The molecule has 0 heterocycles. The lowest BCUT2D eigenvalue weighted by Gasteiger charge is -2.20. The summed E-state index contributed by atoms with van der Waals surface area (Å²) < 4.78 is 0. The number of thiol groups is 1. The van der Waals surface area contributed by atoms with Gasteiger partial charge in [-0.15, -0.1) is 0 Å². The normalized spacial score (nSPS) is 11.7. The standard InChI is InChI=1S/C66H56S/c67-39-16-6-4-2-1-3-5-9-18-46-27-29-51(30-28-46)65-61-42-55-37-35-54(48-21-12-8-13-22-48)41-58(55)45-64(61)66(52-33-31-50(32-34-52)60-26-17-24-49-23-14-15-25-59(49)60)62-43-56-38-36-53(40-57(56)44-63(62)65)47-19-10-7-11-20-47/h7-8,10-15,17,19-38,40-45,67H,1-6,9,16,18,39H2. The first-order chi connectivity index (χ1) is 33.2. The fourth-order valence-corrected chi connectivity index (χ4v) is 10.8. The minimum Gasteiger partial charge on any atom is -0.179 e. The number of aryl methyl sites for hydroxylation is 1. The molecule has 0 saturated carbocycles. The van der Waals surface area contributed by atoms with Gasteiger partial charge in [-0.05, 0) is 176 Å². The molecule has 0 unspecified atom stereocenters. The van der Waals surface area contributed by atoms with E-state index in [0.29, 0.717) is 0 Å². The van der Waals surface area contributed by atoms with E-state index in [1.807, 2.05) is 0 Å². The average molecular weight is 881 g/mol. The van der Waals surface area contributed by atoms with E-state index in [1.54, 1.807) is 0 Å². The predicted octanol–water partition coefficient (Wildman–Crippen LogP) is 19.4. The van der Waals surface area contributed by atoms with E-state index in [2.05, 4.69) is 225 Å². The van der Waals surface area contributed by atoms with Crippen molar-refractivity contribution in [3.8, 4) is 55.6 Å². The highest BCUT2D eigenvalue weighted by Gasteiger charge is 2.20. The summed E-state index contributed by atoms with van der Waals surface area (Å²) >= 11 is 4.38. The van der Waals surface area contributed by atoms with Gasteiger partial charge in [0.1, 0.15) is 0 Å². The van der Waals surface area contributed by atoms with Gasteiger partial charge in [0.15, 0.2) is 0 Å². The summed E-state index contributed by atoms with van der Waals surface area (Å²) in [6.07, 6.45) is 11.6. The van der Waals surface area contributed by atoms with Gasteiger partial charge in [-0.2, -0.15) is 12.6 Å². The fraction of sp³-hybridized carbons (Fsp3) is 0.152. The van der Waals surface area contributed by atoms with Crippen LogP contribution in [0.5, 0.6) is 0 Å². The summed E-state index contributed by atoms with van der Waals surface area (Å²) in [6, 6.07) is 79.7. The molecule has 0 fully saturated rings. The summed E-state index contributed by atoms with van der Waals surface area (Å²) in [5.41, 5.74) is 13.9. The van der Waals surface area contributed by atoms with Gasteiger partial charge in [-0.1, -0.05) is 214 Å². The van der Waals surface area contributed by atoms with Gasteiger partial charge < -0.3 is 0 Å². The minimum absolute atomic E-state index is 1.01. The SMILES string of the molecule is SCCCCCCCCCCc1ccc(-c2c3cc4ccc(-c5ccccc5)cc4cc3c(-c3ccc(-c4cccc5ccccc45)cc3)c3cc4ccc(-c5ccccc5)cc4cc23)cc1. The predicted molar refractivity (Wildman–Crippen MR) is 296 cm³/mol. The second-order valence-corrected chi connectivity index (χ2v) is 19.0. The smallest absolute Gasteiger partial charge is 0.00259 e. The Balaban J connectivity index is 1.09. The van der Waals surface area contributed by atoms with Crippen molar-refractivity contribution >= 4 is 66.5 Å². The number of hydrogen-bond donors (Lipinski definition) is 1. The molecule has 11 aromatic carbocycles. The molecular formula is C66H56S. The van der Waals surface area contributed by atoms with Crippen LogP contribution < -0.4 is 0 Å². The van der Waals surface area contributed by atoms with Gasteiger partial charge in [-0.3, -0.25) is 0 Å². The van der Waals surface area contributed by atoms with Crippen molar-refractivity contribution in [2.45, 2.75) is 57.8 Å². The zero-order valence-electron chi connectivity index (χ0n) is 38.2. The van der Waals surface area contributed by atoms with Crippen molar-refractivity contribution in [2.24, 2.45) is 0 Å². The van der Waals surface area contributed by atoms with E-state index in [9.17, 15) is 0 Å². The van der Waals surface area contributed by atoms with Crippen molar-refractivity contribution in [3.63, 3.8) is 0 Å². The summed E-state index contributed by atoms with van der Waals surface area (Å²) in [4.78, 5) is 0. The molecule has 326 valence electrons. The molecule has 0 aliphatic heterocycles. The molecule has 0 bridgehead atoms. The topological polar surface area (TPSA) is 0 Å². The first kappa shape index (κ1) is 42.7. The van der Waals surface area contributed by atoms with Gasteiger partial charge >= 0.3 is 0 Å². The van der Waals surface area contributed by atoms with Crippen LogP contribution in [-0.2, 0) is 6.42 Å². The molecule has 0 spiro atoms. The molecule has 11 aromatic rings. The van der Waals surface area contributed by atoms with Crippen molar-refractivity contribution in [2.75, 3.05) is 5.75 Å². The maximum absolute atomic E-state index is 4.38. The highest BCUT2D eigenvalue weighted by atomic mass is 32.1. The van der Waals surface area contributed by atoms with E-state index >= 15 is 0 Å².